The largest absolute Gasteiger partial charge is 0.497 e. The van der Waals surface area contributed by atoms with E-state index in [-0.39, 0.29) is 5.91 Å². The minimum absolute atomic E-state index is 0.0709. The van der Waals surface area contributed by atoms with Gasteiger partial charge in [-0.05, 0) is 69.3 Å². The average Bonchev–Trinajstić information content (AvgIpc) is 2.94. The van der Waals surface area contributed by atoms with Crippen molar-refractivity contribution in [2.45, 2.75) is 46.1 Å². The lowest BCUT2D eigenvalue weighted by Crippen LogP contribution is -2.35. The first-order valence-electron chi connectivity index (χ1n) is 10.2. The molecule has 0 bridgehead atoms. The van der Waals surface area contributed by atoms with Crippen molar-refractivity contribution in [3.05, 3.63) is 40.2 Å². The number of anilines is 1. The zero-order valence-corrected chi connectivity index (χ0v) is 18.6. The molecule has 1 unspecified atom stereocenters. The molecule has 0 aliphatic carbocycles. The van der Waals surface area contributed by atoms with Gasteiger partial charge in [-0.3, -0.25) is 14.4 Å². The number of carbonyl (C=O) groups is 1. The van der Waals surface area contributed by atoms with Crippen LogP contribution in [0.4, 0.5) is 5.69 Å². The quantitative estimate of drug-likeness (QED) is 0.727. The van der Waals surface area contributed by atoms with E-state index in [1.165, 1.54) is 6.42 Å². The van der Waals surface area contributed by atoms with Crippen LogP contribution in [0, 0.1) is 19.8 Å². The van der Waals surface area contributed by atoms with Crippen molar-refractivity contribution in [3.8, 4) is 5.75 Å². The van der Waals surface area contributed by atoms with Crippen LogP contribution in [0.5, 0.6) is 5.75 Å². The van der Waals surface area contributed by atoms with Crippen LogP contribution in [0.25, 0.3) is 0 Å². The lowest BCUT2D eigenvalue weighted by atomic mass is 9.93. The first kappa shape index (κ1) is 21.7. The van der Waals surface area contributed by atoms with Gasteiger partial charge in [-0.15, -0.1) is 0 Å². The Balaban J connectivity index is 1.49. The highest BCUT2D eigenvalue weighted by Crippen LogP contribution is 2.26. The number of nitrogens with one attached hydrogen (secondary N) is 1. The van der Waals surface area contributed by atoms with Crippen molar-refractivity contribution >= 4 is 23.2 Å². The van der Waals surface area contributed by atoms with Gasteiger partial charge < -0.3 is 10.1 Å². The third-order valence-corrected chi connectivity index (χ3v) is 6.21. The fraction of sp³-hybridized carbons (Fsp3) is 0.545. The molecule has 3 rings (SSSR count). The van der Waals surface area contributed by atoms with Gasteiger partial charge >= 0.3 is 0 Å². The zero-order valence-electron chi connectivity index (χ0n) is 17.8. The van der Waals surface area contributed by atoms with E-state index in [0.29, 0.717) is 12.3 Å². The molecule has 1 amide bonds. The van der Waals surface area contributed by atoms with Crippen molar-refractivity contribution < 1.29 is 9.53 Å². The number of amides is 1. The third-order valence-electron chi connectivity index (χ3n) is 5.74. The van der Waals surface area contributed by atoms with Crippen molar-refractivity contribution in [1.82, 2.24) is 14.7 Å². The Morgan fingerprint density at radius 1 is 1.38 bits per heavy atom. The summed E-state index contributed by atoms with van der Waals surface area (Å²) in [5, 5.41) is 8.16. The van der Waals surface area contributed by atoms with Crippen LogP contribution >= 0.6 is 11.6 Å². The number of hydrogen-bond acceptors (Lipinski definition) is 4. The zero-order chi connectivity index (χ0) is 21.0. The summed E-state index contributed by atoms with van der Waals surface area (Å²) in [5.74, 6) is 1.40. The number of nitrogens with zero attached hydrogens (tertiary/aromatic N) is 3. The molecular weight excluding hydrogens is 388 g/mol. The summed E-state index contributed by atoms with van der Waals surface area (Å²) < 4.78 is 6.95. The molecule has 1 aromatic carbocycles. The summed E-state index contributed by atoms with van der Waals surface area (Å²) in [6.07, 6.45) is 3.76. The summed E-state index contributed by atoms with van der Waals surface area (Å²) in [4.78, 5) is 14.9. The summed E-state index contributed by atoms with van der Waals surface area (Å²) >= 11 is 6.39. The highest BCUT2D eigenvalue weighted by Gasteiger charge is 2.23. The van der Waals surface area contributed by atoms with Crippen molar-refractivity contribution in [2.24, 2.45) is 13.0 Å². The molecular formula is C22H31ClN4O2. The average molecular weight is 419 g/mol. The molecule has 29 heavy (non-hydrogen) atoms. The Bertz CT molecular complexity index is 865. The Morgan fingerprint density at radius 2 is 2.17 bits per heavy atom. The molecule has 7 heteroatoms. The number of methoxy groups -OCH3 is 1. The maximum absolute atomic E-state index is 12.4. The number of rotatable bonds is 7. The molecule has 1 atom stereocenters. The predicted molar refractivity (Wildman–Crippen MR) is 117 cm³/mol. The van der Waals surface area contributed by atoms with Gasteiger partial charge in [0, 0.05) is 37.8 Å². The fourth-order valence-electron chi connectivity index (χ4n) is 4.06. The number of halogens is 1. The molecule has 2 aromatic rings. The van der Waals surface area contributed by atoms with E-state index in [0.717, 1.165) is 65.9 Å². The molecule has 1 N–H and O–H groups in total. The molecule has 0 saturated carbocycles. The number of ether oxygens (including phenoxy) is 1. The van der Waals surface area contributed by atoms with E-state index in [4.69, 9.17) is 16.3 Å². The second-order valence-corrected chi connectivity index (χ2v) is 8.35. The van der Waals surface area contributed by atoms with Crippen LogP contribution in [-0.4, -0.2) is 40.8 Å². The van der Waals surface area contributed by atoms with E-state index in [2.05, 4.69) is 15.3 Å². The number of carbonyl (C=O) groups excluding carboxylic acids is 1. The fourth-order valence-corrected chi connectivity index (χ4v) is 4.29. The predicted octanol–water partition coefficient (Wildman–Crippen LogP) is 4.33. The Labute approximate surface area is 178 Å². The summed E-state index contributed by atoms with van der Waals surface area (Å²) in [6.45, 7) is 6.88. The summed E-state index contributed by atoms with van der Waals surface area (Å²) in [5.41, 5.74) is 3.96. The molecule has 6 nitrogen and oxygen atoms in total. The first-order chi connectivity index (χ1) is 13.9. The number of piperidine rings is 1. The smallest absolute Gasteiger partial charge is 0.224 e. The second kappa shape index (κ2) is 9.63. The highest BCUT2D eigenvalue weighted by molar-refractivity contribution is 6.30. The van der Waals surface area contributed by atoms with Gasteiger partial charge in [0.05, 0.1) is 12.8 Å². The van der Waals surface area contributed by atoms with Gasteiger partial charge in [0.2, 0.25) is 5.91 Å². The molecule has 1 aliphatic heterocycles. The van der Waals surface area contributed by atoms with E-state index in [9.17, 15) is 4.79 Å². The van der Waals surface area contributed by atoms with Crippen LogP contribution in [0.2, 0.25) is 5.15 Å². The lowest BCUT2D eigenvalue weighted by molar-refractivity contribution is -0.116. The molecule has 2 heterocycles. The van der Waals surface area contributed by atoms with Gasteiger partial charge in [0.1, 0.15) is 10.9 Å². The SMILES string of the molecule is COc1ccc(NC(=O)CCC2CCCN(Cc3c(C)nn(C)c3Cl)C2)c(C)c1. The van der Waals surface area contributed by atoms with Gasteiger partial charge in [-0.1, -0.05) is 11.6 Å². The van der Waals surface area contributed by atoms with Gasteiger partial charge in [0.25, 0.3) is 0 Å². The molecule has 0 spiro atoms. The van der Waals surface area contributed by atoms with E-state index in [1.54, 1.807) is 11.8 Å². The lowest BCUT2D eigenvalue weighted by Gasteiger charge is -2.32. The minimum atomic E-state index is 0.0709. The number of likely N-dealkylation sites (tertiary alicyclic amines) is 1. The monoisotopic (exact) mass is 418 g/mol. The summed E-state index contributed by atoms with van der Waals surface area (Å²) in [6, 6.07) is 5.70. The summed E-state index contributed by atoms with van der Waals surface area (Å²) in [7, 11) is 3.52. The topological polar surface area (TPSA) is 59.4 Å². The number of aryl methyl sites for hydroxylation is 3. The Morgan fingerprint density at radius 3 is 2.83 bits per heavy atom. The Kier molecular flexibility index (Phi) is 7.19. The third kappa shape index (κ3) is 5.52. The van der Waals surface area contributed by atoms with Crippen molar-refractivity contribution in [2.75, 3.05) is 25.5 Å². The maximum atomic E-state index is 12.4. The van der Waals surface area contributed by atoms with Crippen LogP contribution in [-0.2, 0) is 18.4 Å². The molecule has 1 saturated heterocycles. The molecule has 1 aliphatic rings. The van der Waals surface area contributed by atoms with E-state index in [1.807, 2.05) is 39.1 Å². The molecule has 158 valence electrons. The van der Waals surface area contributed by atoms with Gasteiger partial charge in [-0.25, -0.2) is 0 Å². The second-order valence-electron chi connectivity index (χ2n) is 7.99. The highest BCUT2D eigenvalue weighted by atomic mass is 35.5. The molecule has 0 radical (unpaired) electrons. The maximum Gasteiger partial charge on any atom is 0.224 e. The minimum Gasteiger partial charge on any atom is -0.497 e. The van der Waals surface area contributed by atoms with Crippen LogP contribution in [0.3, 0.4) is 0 Å². The van der Waals surface area contributed by atoms with E-state index >= 15 is 0 Å². The van der Waals surface area contributed by atoms with Crippen molar-refractivity contribution in [3.63, 3.8) is 0 Å². The standard InChI is InChI=1S/C22H31ClN4O2/c1-15-12-18(29-4)8-9-20(15)24-21(28)10-7-17-6-5-11-27(13-17)14-19-16(2)25-26(3)22(19)23/h8-9,12,17H,5-7,10-11,13-14H2,1-4H3,(H,24,28). The van der Waals surface area contributed by atoms with Crippen molar-refractivity contribution in [1.29, 1.82) is 0 Å². The van der Waals surface area contributed by atoms with Gasteiger partial charge in [-0.2, -0.15) is 5.10 Å². The van der Waals surface area contributed by atoms with Crippen LogP contribution < -0.4 is 10.1 Å². The van der Waals surface area contributed by atoms with Gasteiger partial charge in [0.15, 0.2) is 0 Å². The molecule has 1 aromatic heterocycles. The first-order valence-corrected chi connectivity index (χ1v) is 10.6. The number of aromatic nitrogens is 2. The van der Waals surface area contributed by atoms with Crippen LogP contribution in [0.1, 0.15) is 42.5 Å². The van der Waals surface area contributed by atoms with E-state index < -0.39 is 0 Å². The van der Waals surface area contributed by atoms with Crippen LogP contribution in [0.15, 0.2) is 18.2 Å². The molecule has 1 fully saturated rings. The Hall–Kier alpha value is -2.05. The number of benzene rings is 1. The normalized spacial score (nSPS) is 17.3. The number of hydrogen-bond donors (Lipinski definition) is 1.